The van der Waals surface area contributed by atoms with Crippen molar-refractivity contribution in [1.82, 2.24) is 9.88 Å². The summed E-state index contributed by atoms with van der Waals surface area (Å²) in [5, 5.41) is 9.73. The molecule has 1 saturated heterocycles. The molecule has 0 bridgehead atoms. The number of amides is 1. The first-order valence-electron chi connectivity index (χ1n) is 6.69. The number of hydrogen-bond donors (Lipinski definition) is 1. The van der Waals surface area contributed by atoms with Crippen LogP contribution in [0.4, 0.5) is 0 Å². The molecule has 1 aliphatic heterocycles. The Hall–Kier alpha value is -1.58. The van der Waals surface area contributed by atoms with E-state index < -0.39 is 0 Å². The molecule has 4 nitrogen and oxygen atoms in total. The van der Waals surface area contributed by atoms with Crippen molar-refractivity contribution >= 4 is 5.91 Å². The zero-order chi connectivity index (χ0) is 13.0. The van der Waals surface area contributed by atoms with Crippen molar-refractivity contribution in [3.63, 3.8) is 0 Å². The molecule has 0 saturated carbocycles. The van der Waals surface area contributed by atoms with Gasteiger partial charge >= 0.3 is 0 Å². The summed E-state index contributed by atoms with van der Waals surface area (Å²) in [7, 11) is 0. The van der Waals surface area contributed by atoms with Crippen LogP contribution in [0.2, 0.25) is 0 Å². The first-order valence-corrected chi connectivity index (χ1v) is 6.69. The summed E-state index contributed by atoms with van der Waals surface area (Å²) in [6.07, 6.45) is 6.95. The van der Waals surface area contributed by atoms with Gasteiger partial charge in [-0.15, -0.1) is 0 Å². The fourth-order valence-corrected chi connectivity index (χ4v) is 2.57. The molecule has 0 aliphatic carbocycles. The maximum Gasteiger partial charge on any atom is 0.276 e. The number of aromatic hydroxyl groups is 1. The normalized spacial score (nSPS) is 20.5. The molecule has 1 N–H and O–H groups in total. The number of pyridine rings is 1. The van der Waals surface area contributed by atoms with Gasteiger partial charge < -0.3 is 10.0 Å². The van der Waals surface area contributed by atoms with Crippen molar-refractivity contribution in [2.75, 3.05) is 6.54 Å². The van der Waals surface area contributed by atoms with Gasteiger partial charge in [0.05, 0.1) is 0 Å². The van der Waals surface area contributed by atoms with Crippen molar-refractivity contribution in [3.05, 3.63) is 24.0 Å². The zero-order valence-corrected chi connectivity index (χ0v) is 10.8. The van der Waals surface area contributed by atoms with Crippen LogP contribution >= 0.6 is 0 Å². The van der Waals surface area contributed by atoms with Crippen LogP contribution in [0.5, 0.6) is 5.75 Å². The number of carbonyl (C=O) groups is 1. The van der Waals surface area contributed by atoms with Crippen molar-refractivity contribution in [2.24, 2.45) is 0 Å². The Morgan fingerprint density at radius 2 is 2.33 bits per heavy atom. The number of aromatic nitrogens is 1. The molecular weight excluding hydrogens is 228 g/mol. The SMILES string of the molecule is CCC1CCCCCN1C(=O)c1ncccc1O. The summed E-state index contributed by atoms with van der Waals surface area (Å²) < 4.78 is 0. The molecule has 1 amide bonds. The van der Waals surface area contributed by atoms with Crippen LogP contribution in [0.25, 0.3) is 0 Å². The molecule has 18 heavy (non-hydrogen) atoms. The Labute approximate surface area is 108 Å². The predicted molar refractivity (Wildman–Crippen MR) is 69.5 cm³/mol. The van der Waals surface area contributed by atoms with E-state index in [9.17, 15) is 9.90 Å². The molecule has 98 valence electrons. The lowest BCUT2D eigenvalue weighted by molar-refractivity contribution is 0.0668. The molecular formula is C14H20N2O2. The molecule has 1 fully saturated rings. The van der Waals surface area contributed by atoms with Gasteiger partial charge in [0.25, 0.3) is 5.91 Å². The minimum absolute atomic E-state index is 0.0263. The van der Waals surface area contributed by atoms with Crippen LogP contribution < -0.4 is 0 Å². The molecule has 0 spiro atoms. The summed E-state index contributed by atoms with van der Waals surface area (Å²) >= 11 is 0. The predicted octanol–water partition coefficient (Wildman–Crippen LogP) is 2.58. The average Bonchev–Trinajstić information content (AvgIpc) is 2.63. The van der Waals surface area contributed by atoms with E-state index in [0.717, 1.165) is 25.8 Å². The summed E-state index contributed by atoms with van der Waals surface area (Å²) in [6, 6.07) is 3.42. The fourth-order valence-electron chi connectivity index (χ4n) is 2.57. The number of rotatable bonds is 2. The molecule has 1 aromatic heterocycles. The highest BCUT2D eigenvalue weighted by Gasteiger charge is 2.27. The third-order valence-corrected chi connectivity index (χ3v) is 3.60. The quantitative estimate of drug-likeness (QED) is 0.875. The van der Waals surface area contributed by atoms with Crippen molar-refractivity contribution < 1.29 is 9.90 Å². The molecule has 2 rings (SSSR count). The minimum atomic E-state index is -0.137. The van der Waals surface area contributed by atoms with Gasteiger partial charge in [0.1, 0.15) is 5.75 Å². The Morgan fingerprint density at radius 1 is 1.50 bits per heavy atom. The van der Waals surface area contributed by atoms with Crippen LogP contribution in [0, 0.1) is 0 Å². The van der Waals surface area contributed by atoms with Gasteiger partial charge in [0.15, 0.2) is 5.69 Å². The van der Waals surface area contributed by atoms with Crippen molar-refractivity contribution in [1.29, 1.82) is 0 Å². The van der Waals surface area contributed by atoms with E-state index in [1.165, 1.54) is 18.9 Å². The minimum Gasteiger partial charge on any atom is -0.505 e. The van der Waals surface area contributed by atoms with E-state index in [2.05, 4.69) is 11.9 Å². The van der Waals surface area contributed by atoms with Gasteiger partial charge in [-0.05, 0) is 31.4 Å². The smallest absolute Gasteiger partial charge is 0.276 e. The fraction of sp³-hybridized carbons (Fsp3) is 0.571. The van der Waals surface area contributed by atoms with Gasteiger partial charge in [0, 0.05) is 18.8 Å². The van der Waals surface area contributed by atoms with Gasteiger partial charge in [-0.1, -0.05) is 19.8 Å². The summed E-state index contributed by atoms with van der Waals surface area (Å²) in [5.41, 5.74) is 0.179. The van der Waals surface area contributed by atoms with E-state index in [4.69, 9.17) is 0 Å². The molecule has 0 aromatic carbocycles. The van der Waals surface area contributed by atoms with Gasteiger partial charge in [-0.2, -0.15) is 0 Å². The van der Waals surface area contributed by atoms with Gasteiger partial charge in [0.2, 0.25) is 0 Å². The average molecular weight is 248 g/mol. The van der Waals surface area contributed by atoms with Crippen molar-refractivity contribution in [2.45, 2.75) is 45.1 Å². The maximum absolute atomic E-state index is 12.4. The van der Waals surface area contributed by atoms with E-state index in [-0.39, 0.29) is 23.4 Å². The molecule has 1 unspecified atom stereocenters. The molecule has 0 radical (unpaired) electrons. The first kappa shape index (κ1) is 12.9. The first-order chi connectivity index (χ1) is 8.74. The Morgan fingerprint density at radius 3 is 3.06 bits per heavy atom. The largest absolute Gasteiger partial charge is 0.505 e. The van der Waals surface area contributed by atoms with Crippen LogP contribution in [0.15, 0.2) is 18.3 Å². The zero-order valence-electron chi connectivity index (χ0n) is 10.8. The number of carbonyl (C=O) groups excluding carboxylic acids is 1. The highest BCUT2D eigenvalue weighted by Crippen LogP contribution is 2.23. The lowest BCUT2D eigenvalue weighted by atomic mass is 10.1. The summed E-state index contributed by atoms with van der Waals surface area (Å²) in [6.45, 7) is 2.88. The van der Waals surface area contributed by atoms with Crippen LogP contribution in [-0.2, 0) is 0 Å². The Kier molecular flexibility index (Phi) is 4.18. The van der Waals surface area contributed by atoms with Crippen LogP contribution in [0.3, 0.4) is 0 Å². The lowest BCUT2D eigenvalue weighted by Crippen LogP contribution is -2.40. The highest BCUT2D eigenvalue weighted by molar-refractivity contribution is 5.95. The Bertz CT molecular complexity index is 420. The van der Waals surface area contributed by atoms with E-state index in [1.54, 1.807) is 12.3 Å². The second-order valence-electron chi connectivity index (χ2n) is 4.78. The Balaban J connectivity index is 2.23. The number of hydrogen-bond acceptors (Lipinski definition) is 3. The van der Waals surface area contributed by atoms with Crippen LogP contribution in [0.1, 0.15) is 49.5 Å². The topological polar surface area (TPSA) is 53.4 Å². The molecule has 1 aliphatic rings. The second-order valence-corrected chi connectivity index (χ2v) is 4.78. The maximum atomic E-state index is 12.4. The van der Waals surface area contributed by atoms with E-state index >= 15 is 0 Å². The van der Waals surface area contributed by atoms with Crippen LogP contribution in [-0.4, -0.2) is 33.5 Å². The molecule has 1 atom stereocenters. The number of likely N-dealkylation sites (tertiary alicyclic amines) is 1. The highest BCUT2D eigenvalue weighted by atomic mass is 16.3. The van der Waals surface area contributed by atoms with E-state index in [0.29, 0.717) is 0 Å². The third kappa shape index (κ3) is 2.63. The number of nitrogens with zero attached hydrogens (tertiary/aromatic N) is 2. The summed E-state index contributed by atoms with van der Waals surface area (Å²) in [4.78, 5) is 18.3. The molecule has 1 aromatic rings. The van der Waals surface area contributed by atoms with Gasteiger partial charge in [-0.3, -0.25) is 4.79 Å². The lowest BCUT2D eigenvalue weighted by Gasteiger charge is -2.29. The van der Waals surface area contributed by atoms with E-state index in [1.807, 2.05) is 4.90 Å². The second kappa shape index (κ2) is 5.85. The van der Waals surface area contributed by atoms with Gasteiger partial charge in [-0.25, -0.2) is 4.98 Å². The summed E-state index contributed by atoms with van der Waals surface area (Å²) in [5.74, 6) is -0.163. The monoisotopic (exact) mass is 248 g/mol. The third-order valence-electron chi connectivity index (χ3n) is 3.60. The molecule has 2 heterocycles. The van der Waals surface area contributed by atoms with Crippen molar-refractivity contribution in [3.8, 4) is 5.75 Å². The standard InChI is InChI=1S/C14H20N2O2/c1-2-11-7-4-3-5-10-16(11)14(18)13-12(17)8-6-9-15-13/h6,8-9,11,17H,2-5,7,10H2,1H3. The molecule has 4 heteroatoms.